The van der Waals surface area contributed by atoms with Crippen molar-refractivity contribution < 1.29 is 9.59 Å². The maximum atomic E-state index is 12.1. The fourth-order valence-electron chi connectivity index (χ4n) is 2.31. The highest BCUT2D eigenvalue weighted by Gasteiger charge is 2.11. The number of amides is 3. The van der Waals surface area contributed by atoms with E-state index in [1.807, 2.05) is 32.0 Å². The molecule has 0 aliphatic carbocycles. The minimum Gasteiger partial charge on any atom is -0.329 e. The van der Waals surface area contributed by atoms with Crippen LogP contribution in [0, 0.1) is 6.92 Å². The quantitative estimate of drug-likeness (QED) is 0.708. The number of urea groups is 1. The number of anilines is 2. The topological polar surface area (TPSA) is 70.2 Å². The fraction of sp³-hybridized carbons (Fsp3) is 0.222. The Labute approximate surface area is 156 Å². The summed E-state index contributed by atoms with van der Waals surface area (Å²) in [5.74, 6) is -0.403. The van der Waals surface area contributed by atoms with Crippen molar-refractivity contribution in [1.82, 2.24) is 5.32 Å². The van der Waals surface area contributed by atoms with Gasteiger partial charge in [0.15, 0.2) is 0 Å². The fourth-order valence-corrected chi connectivity index (χ4v) is 2.64. The molecule has 3 amide bonds. The van der Waals surface area contributed by atoms with E-state index in [0.29, 0.717) is 15.7 Å². The molecule has 0 radical (unpaired) electrons. The largest absolute Gasteiger partial charge is 0.329 e. The highest BCUT2D eigenvalue weighted by Crippen LogP contribution is 2.25. The van der Waals surface area contributed by atoms with Crippen molar-refractivity contribution in [2.75, 3.05) is 17.2 Å². The van der Waals surface area contributed by atoms with E-state index in [9.17, 15) is 9.59 Å². The molecule has 0 fully saturated rings. The normalized spacial score (nSPS) is 10.2. The van der Waals surface area contributed by atoms with E-state index in [1.54, 1.807) is 18.2 Å². The number of hydrogen-bond acceptors (Lipinski definition) is 2. The van der Waals surface area contributed by atoms with Crippen molar-refractivity contribution in [2.24, 2.45) is 0 Å². The zero-order valence-electron chi connectivity index (χ0n) is 14.0. The molecule has 0 aromatic heterocycles. The average Bonchev–Trinajstić information content (AvgIpc) is 2.58. The number of benzene rings is 2. The molecule has 0 heterocycles. The summed E-state index contributed by atoms with van der Waals surface area (Å²) in [5, 5.41) is 8.75. The first kappa shape index (κ1) is 19.1. The molecule has 0 aliphatic rings. The Morgan fingerprint density at radius 2 is 1.84 bits per heavy atom. The lowest BCUT2D eigenvalue weighted by Crippen LogP contribution is -2.36. The van der Waals surface area contributed by atoms with Crippen LogP contribution in [-0.2, 0) is 11.2 Å². The second kappa shape index (κ2) is 8.74. The number of nitrogens with one attached hydrogen (secondary N) is 3. The molecule has 3 N–H and O–H groups in total. The van der Waals surface area contributed by atoms with Gasteiger partial charge in [0, 0.05) is 10.7 Å². The van der Waals surface area contributed by atoms with Gasteiger partial charge in [-0.1, -0.05) is 48.3 Å². The first-order valence-corrected chi connectivity index (χ1v) is 8.54. The third-order valence-corrected chi connectivity index (χ3v) is 4.16. The van der Waals surface area contributed by atoms with Gasteiger partial charge in [-0.3, -0.25) is 4.79 Å². The molecule has 0 atom stereocenters. The predicted molar refractivity (Wildman–Crippen MR) is 103 cm³/mol. The highest BCUT2D eigenvalue weighted by atomic mass is 35.5. The third kappa shape index (κ3) is 5.37. The molecule has 0 bridgehead atoms. The molecule has 0 spiro atoms. The summed E-state index contributed by atoms with van der Waals surface area (Å²) in [7, 11) is 0. The van der Waals surface area contributed by atoms with E-state index in [-0.39, 0.29) is 6.54 Å². The summed E-state index contributed by atoms with van der Waals surface area (Å²) >= 11 is 11.9. The van der Waals surface area contributed by atoms with Gasteiger partial charge >= 0.3 is 6.03 Å². The summed E-state index contributed by atoms with van der Waals surface area (Å²) in [4.78, 5) is 24.0. The first-order valence-electron chi connectivity index (χ1n) is 7.79. The molecule has 0 saturated carbocycles. The van der Waals surface area contributed by atoms with Crippen molar-refractivity contribution >= 4 is 46.5 Å². The van der Waals surface area contributed by atoms with Gasteiger partial charge in [0.1, 0.15) is 0 Å². The average molecular weight is 380 g/mol. The lowest BCUT2D eigenvalue weighted by Gasteiger charge is -2.14. The molecule has 0 aliphatic heterocycles. The Hall–Kier alpha value is -2.24. The Balaban J connectivity index is 1.92. The van der Waals surface area contributed by atoms with E-state index in [4.69, 9.17) is 23.2 Å². The van der Waals surface area contributed by atoms with E-state index < -0.39 is 11.9 Å². The number of hydrogen-bond donors (Lipinski definition) is 3. The molecule has 0 saturated heterocycles. The van der Waals surface area contributed by atoms with Crippen LogP contribution in [0.2, 0.25) is 10.0 Å². The zero-order chi connectivity index (χ0) is 18.4. The van der Waals surface area contributed by atoms with Gasteiger partial charge in [-0.15, -0.1) is 0 Å². The minimum absolute atomic E-state index is 0.192. The number of aryl methyl sites for hydroxylation is 2. The smallest absolute Gasteiger partial charge is 0.319 e. The van der Waals surface area contributed by atoms with Crippen LogP contribution in [0.5, 0.6) is 0 Å². The van der Waals surface area contributed by atoms with E-state index in [1.165, 1.54) is 0 Å². The van der Waals surface area contributed by atoms with Gasteiger partial charge in [-0.05, 0) is 42.7 Å². The lowest BCUT2D eigenvalue weighted by atomic mass is 10.1. The highest BCUT2D eigenvalue weighted by molar-refractivity contribution is 6.35. The van der Waals surface area contributed by atoms with Crippen molar-refractivity contribution in [3.63, 3.8) is 0 Å². The molecule has 132 valence electrons. The van der Waals surface area contributed by atoms with Gasteiger partial charge in [-0.25, -0.2) is 4.79 Å². The summed E-state index contributed by atoms with van der Waals surface area (Å²) in [5.41, 5.74) is 3.16. The second-order valence-electron chi connectivity index (χ2n) is 5.44. The van der Waals surface area contributed by atoms with Crippen LogP contribution >= 0.6 is 23.2 Å². The first-order chi connectivity index (χ1) is 11.9. The Bertz CT molecular complexity index is 794. The van der Waals surface area contributed by atoms with Gasteiger partial charge < -0.3 is 16.0 Å². The minimum atomic E-state index is -0.448. The second-order valence-corrected chi connectivity index (χ2v) is 6.29. The van der Waals surface area contributed by atoms with Crippen molar-refractivity contribution in [3.05, 3.63) is 57.6 Å². The van der Waals surface area contributed by atoms with Crippen LogP contribution in [0.25, 0.3) is 0 Å². The van der Waals surface area contributed by atoms with Gasteiger partial charge in [0.25, 0.3) is 0 Å². The van der Waals surface area contributed by atoms with Crippen molar-refractivity contribution in [3.8, 4) is 0 Å². The van der Waals surface area contributed by atoms with E-state index >= 15 is 0 Å². The standard InChI is InChI=1S/C18H19Cl2N3O2/c1-3-12-6-4-5-11(2)17(12)23-18(25)21-10-16(24)22-15-9-13(19)7-8-14(15)20/h4-9H,3,10H2,1-2H3,(H,22,24)(H2,21,23,25). The molecule has 25 heavy (non-hydrogen) atoms. The number of carbonyl (C=O) groups is 2. The molecular formula is C18H19Cl2N3O2. The van der Waals surface area contributed by atoms with E-state index in [0.717, 1.165) is 23.2 Å². The van der Waals surface area contributed by atoms with Crippen LogP contribution in [0.15, 0.2) is 36.4 Å². The lowest BCUT2D eigenvalue weighted by molar-refractivity contribution is -0.115. The monoisotopic (exact) mass is 379 g/mol. The van der Waals surface area contributed by atoms with Crippen molar-refractivity contribution in [1.29, 1.82) is 0 Å². The number of halogens is 2. The summed E-state index contributed by atoms with van der Waals surface area (Å²) in [6, 6.07) is 10.1. The molecule has 2 aromatic carbocycles. The van der Waals surface area contributed by atoms with Gasteiger partial charge in [-0.2, -0.15) is 0 Å². The van der Waals surface area contributed by atoms with Crippen molar-refractivity contribution in [2.45, 2.75) is 20.3 Å². The SMILES string of the molecule is CCc1cccc(C)c1NC(=O)NCC(=O)Nc1cc(Cl)ccc1Cl. The number of para-hydroxylation sites is 1. The maximum absolute atomic E-state index is 12.1. The van der Waals surface area contributed by atoms with Crippen LogP contribution in [0.3, 0.4) is 0 Å². The Kier molecular flexibility index (Phi) is 6.67. The summed E-state index contributed by atoms with van der Waals surface area (Å²) in [6.45, 7) is 3.74. The third-order valence-electron chi connectivity index (χ3n) is 3.59. The van der Waals surface area contributed by atoms with Crippen LogP contribution in [0.4, 0.5) is 16.2 Å². The molecule has 5 nitrogen and oxygen atoms in total. The zero-order valence-corrected chi connectivity index (χ0v) is 15.5. The molecule has 7 heteroatoms. The van der Waals surface area contributed by atoms with Crippen LogP contribution in [-0.4, -0.2) is 18.5 Å². The molecule has 2 aromatic rings. The van der Waals surface area contributed by atoms with Gasteiger partial charge in [0.05, 0.1) is 17.3 Å². The van der Waals surface area contributed by atoms with Crippen LogP contribution < -0.4 is 16.0 Å². The summed E-state index contributed by atoms with van der Waals surface area (Å²) < 4.78 is 0. The predicted octanol–water partition coefficient (Wildman–Crippen LogP) is 4.62. The molecule has 0 unspecified atom stereocenters. The van der Waals surface area contributed by atoms with Crippen LogP contribution in [0.1, 0.15) is 18.1 Å². The number of rotatable bonds is 5. The van der Waals surface area contributed by atoms with E-state index in [2.05, 4.69) is 16.0 Å². The van der Waals surface area contributed by atoms with Gasteiger partial charge in [0.2, 0.25) is 5.91 Å². The Morgan fingerprint density at radius 1 is 1.08 bits per heavy atom. The molecular weight excluding hydrogens is 361 g/mol. The number of carbonyl (C=O) groups excluding carboxylic acids is 2. The summed E-state index contributed by atoms with van der Waals surface area (Å²) in [6.07, 6.45) is 0.797. The maximum Gasteiger partial charge on any atom is 0.319 e. The Morgan fingerprint density at radius 3 is 2.56 bits per heavy atom. The molecule has 2 rings (SSSR count).